The quantitative estimate of drug-likeness (QED) is 0.902. The SMILES string of the molecule is Cn1cnnc1N1CCN(C(C(=O)O)c2ccc(F)cc2)CC1. The minimum absolute atomic E-state index is 0.370. The minimum Gasteiger partial charge on any atom is -0.480 e. The van der Waals surface area contributed by atoms with Crippen LogP contribution in [0, 0.1) is 5.82 Å². The summed E-state index contributed by atoms with van der Waals surface area (Å²) in [7, 11) is 1.88. The summed E-state index contributed by atoms with van der Waals surface area (Å²) >= 11 is 0. The highest BCUT2D eigenvalue weighted by Crippen LogP contribution is 2.24. The lowest BCUT2D eigenvalue weighted by molar-refractivity contribution is -0.143. The number of hydrogen-bond acceptors (Lipinski definition) is 5. The molecule has 2 heterocycles. The Morgan fingerprint density at radius 3 is 2.39 bits per heavy atom. The molecule has 1 atom stereocenters. The maximum absolute atomic E-state index is 13.1. The molecule has 0 spiro atoms. The predicted molar refractivity (Wildman–Crippen MR) is 81.6 cm³/mol. The lowest BCUT2D eigenvalue weighted by Crippen LogP contribution is -2.50. The van der Waals surface area contributed by atoms with Crippen LogP contribution in [0.1, 0.15) is 11.6 Å². The summed E-state index contributed by atoms with van der Waals surface area (Å²) in [5.41, 5.74) is 0.589. The molecule has 23 heavy (non-hydrogen) atoms. The Morgan fingerprint density at radius 2 is 1.87 bits per heavy atom. The van der Waals surface area contributed by atoms with Crippen molar-refractivity contribution >= 4 is 11.9 Å². The van der Waals surface area contributed by atoms with Crippen LogP contribution in [-0.4, -0.2) is 56.9 Å². The monoisotopic (exact) mass is 319 g/mol. The molecule has 1 aromatic carbocycles. The van der Waals surface area contributed by atoms with Gasteiger partial charge in [-0.3, -0.25) is 9.69 Å². The average molecular weight is 319 g/mol. The number of halogens is 1. The third-order valence-corrected chi connectivity index (χ3v) is 4.07. The molecule has 8 heteroatoms. The molecule has 1 saturated heterocycles. The molecule has 0 bridgehead atoms. The fourth-order valence-electron chi connectivity index (χ4n) is 2.90. The second-order valence-corrected chi connectivity index (χ2v) is 5.56. The maximum atomic E-state index is 13.1. The number of benzene rings is 1. The molecular formula is C15H18FN5O2. The molecule has 1 aromatic heterocycles. The van der Waals surface area contributed by atoms with Crippen molar-refractivity contribution in [3.8, 4) is 0 Å². The highest BCUT2D eigenvalue weighted by Gasteiger charge is 2.31. The second kappa shape index (κ2) is 6.33. The van der Waals surface area contributed by atoms with Crippen molar-refractivity contribution in [2.75, 3.05) is 31.1 Å². The van der Waals surface area contributed by atoms with E-state index in [0.717, 1.165) is 5.95 Å². The summed E-state index contributed by atoms with van der Waals surface area (Å²) in [6.45, 7) is 2.50. The van der Waals surface area contributed by atoms with Crippen molar-refractivity contribution in [2.24, 2.45) is 7.05 Å². The number of aryl methyl sites for hydroxylation is 1. The normalized spacial score (nSPS) is 17.2. The van der Waals surface area contributed by atoms with E-state index >= 15 is 0 Å². The van der Waals surface area contributed by atoms with Gasteiger partial charge in [0.1, 0.15) is 18.2 Å². The standard InChI is InChI=1S/C15H18FN5O2/c1-19-10-17-18-15(19)21-8-6-20(7-9-21)13(14(22)23)11-2-4-12(16)5-3-11/h2-5,10,13H,6-9H2,1H3,(H,22,23). The van der Waals surface area contributed by atoms with Crippen LogP contribution in [0.5, 0.6) is 0 Å². The smallest absolute Gasteiger partial charge is 0.325 e. The van der Waals surface area contributed by atoms with E-state index < -0.39 is 12.0 Å². The van der Waals surface area contributed by atoms with E-state index in [1.54, 1.807) is 6.33 Å². The molecule has 0 saturated carbocycles. The summed E-state index contributed by atoms with van der Waals surface area (Å²) in [6, 6.07) is 4.88. The number of carbonyl (C=O) groups is 1. The molecule has 1 unspecified atom stereocenters. The Bertz CT molecular complexity index is 679. The Balaban J connectivity index is 1.72. The molecule has 0 amide bonds. The number of aromatic nitrogens is 3. The second-order valence-electron chi connectivity index (χ2n) is 5.56. The van der Waals surface area contributed by atoms with Crippen LogP contribution >= 0.6 is 0 Å². The van der Waals surface area contributed by atoms with Crippen molar-refractivity contribution < 1.29 is 14.3 Å². The third-order valence-electron chi connectivity index (χ3n) is 4.07. The van der Waals surface area contributed by atoms with E-state index in [4.69, 9.17) is 0 Å². The van der Waals surface area contributed by atoms with Crippen LogP contribution in [0.3, 0.4) is 0 Å². The van der Waals surface area contributed by atoms with Gasteiger partial charge in [0.2, 0.25) is 5.95 Å². The predicted octanol–water partition coefficient (Wildman–Crippen LogP) is 0.902. The molecule has 3 rings (SSSR count). The van der Waals surface area contributed by atoms with Gasteiger partial charge in [-0.15, -0.1) is 10.2 Å². The van der Waals surface area contributed by atoms with Crippen LogP contribution in [0.15, 0.2) is 30.6 Å². The summed E-state index contributed by atoms with van der Waals surface area (Å²) in [5.74, 6) is -0.521. The zero-order valence-electron chi connectivity index (χ0n) is 12.8. The molecular weight excluding hydrogens is 301 g/mol. The number of piperazine rings is 1. The van der Waals surface area contributed by atoms with Gasteiger partial charge in [0.15, 0.2) is 0 Å². The fourth-order valence-corrected chi connectivity index (χ4v) is 2.90. The minimum atomic E-state index is -0.927. The number of hydrogen-bond donors (Lipinski definition) is 1. The summed E-state index contributed by atoms with van der Waals surface area (Å²) in [6.07, 6.45) is 1.64. The zero-order chi connectivity index (χ0) is 16.4. The summed E-state index contributed by atoms with van der Waals surface area (Å²) in [4.78, 5) is 15.6. The van der Waals surface area contributed by atoms with Crippen molar-refractivity contribution in [1.82, 2.24) is 19.7 Å². The van der Waals surface area contributed by atoms with Gasteiger partial charge in [0.05, 0.1) is 0 Å². The first-order chi connectivity index (χ1) is 11.1. The Kier molecular flexibility index (Phi) is 4.24. The highest BCUT2D eigenvalue weighted by molar-refractivity contribution is 5.75. The Hall–Kier alpha value is -2.48. The number of carboxylic acid groups (broad SMARTS) is 1. The number of nitrogens with zero attached hydrogens (tertiary/aromatic N) is 5. The van der Waals surface area contributed by atoms with E-state index in [-0.39, 0.29) is 5.82 Å². The van der Waals surface area contributed by atoms with Gasteiger partial charge in [0.25, 0.3) is 0 Å². The van der Waals surface area contributed by atoms with Gasteiger partial charge in [-0.05, 0) is 17.7 Å². The first-order valence-electron chi connectivity index (χ1n) is 7.37. The summed E-state index contributed by atoms with van der Waals surface area (Å²) < 4.78 is 14.9. The van der Waals surface area contributed by atoms with Crippen molar-refractivity contribution in [3.05, 3.63) is 42.0 Å². The molecule has 0 aliphatic carbocycles. The van der Waals surface area contributed by atoms with Crippen molar-refractivity contribution in [2.45, 2.75) is 6.04 Å². The lowest BCUT2D eigenvalue weighted by atomic mass is 10.0. The van der Waals surface area contributed by atoms with Crippen molar-refractivity contribution in [1.29, 1.82) is 0 Å². The topological polar surface area (TPSA) is 74.5 Å². The molecule has 1 aliphatic heterocycles. The maximum Gasteiger partial charge on any atom is 0.325 e. The van der Waals surface area contributed by atoms with E-state index in [1.165, 1.54) is 24.3 Å². The van der Waals surface area contributed by atoms with Crippen LogP contribution in [0.2, 0.25) is 0 Å². The zero-order valence-corrected chi connectivity index (χ0v) is 12.8. The van der Waals surface area contributed by atoms with Gasteiger partial charge in [-0.25, -0.2) is 4.39 Å². The van der Waals surface area contributed by atoms with Gasteiger partial charge in [-0.1, -0.05) is 12.1 Å². The number of aliphatic carboxylic acids is 1. The van der Waals surface area contributed by atoms with Crippen LogP contribution in [-0.2, 0) is 11.8 Å². The van der Waals surface area contributed by atoms with Crippen LogP contribution in [0.25, 0.3) is 0 Å². The molecule has 122 valence electrons. The average Bonchev–Trinajstić information content (AvgIpc) is 2.96. The third kappa shape index (κ3) is 3.16. The first kappa shape index (κ1) is 15.4. The van der Waals surface area contributed by atoms with Gasteiger partial charge >= 0.3 is 5.97 Å². The molecule has 7 nitrogen and oxygen atoms in total. The Labute approximate surface area is 133 Å². The van der Waals surface area contributed by atoms with Crippen LogP contribution in [0.4, 0.5) is 10.3 Å². The lowest BCUT2D eigenvalue weighted by Gasteiger charge is -2.37. The highest BCUT2D eigenvalue weighted by atomic mass is 19.1. The molecule has 2 aromatic rings. The molecule has 1 N–H and O–H groups in total. The van der Waals surface area contributed by atoms with E-state index in [0.29, 0.717) is 31.7 Å². The van der Waals surface area contributed by atoms with Crippen molar-refractivity contribution in [3.63, 3.8) is 0 Å². The van der Waals surface area contributed by atoms with Gasteiger partial charge in [-0.2, -0.15) is 0 Å². The molecule has 1 fully saturated rings. The first-order valence-corrected chi connectivity index (χ1v) is 7.37. The molecule has 0 radical (unpaired) electrons. The number of carboxylic acids is 1. The van der Waals surface area contributed by atoms with E-state index in [1.807, 2.05) is 16.5 Å². The van der Waals surface area contributed by atoms with E-state index in [9.17, 15) is 14.3 Å². The van der Waals surface area contributed by atoms with Gasteiger partial charge in [0, 0.05) is 33.2 Å². The van der Waals surface area contributed by atoms with E-state index in [2.05, 4.69) is 15.1 Å². The summed E-state index contributed by atoms with van der Waals surface area (Å²) in [5, 5.41) is 17.5. The fraction of sp³-hybridized carbons (Fsp3) is 0.400. The molecule has 1 aliphatic rings. The van der Waals surface area contributed by atoms with Gasteiger partial charge < -0.3 is 14.6 Å². The number of rotatable bonds is 4. The Morgan fingerprint density at radius 1 is 1.22 bits per heavy atom. The largest absolute Gasteiger partial charge is 0.480 e. The van der Waals surface area contributed by atoms with Crippen LogP contribution < -0.4 is 4.90 Å². The number of anilines is 1.